The van der Waals surface area contributed by atoms with Gasteiger partial charge in [-0.2, -0.15) is 0 Å². The van der Waals surface area contributed by atoms with Gasteiger partial charge in [0, 0.05) is 54.4 Å². The Morgan fingerprint density at radius 2 is 1.68 bits per heavy atom. The molecular weight excluding hydrogens is 450 g/mol. The molecule has 34 heavy (non-hydrogen) atoms. The highest BCUT2D eigenvalue weighted by Crippen LogP contribution is 2.42. The average Bonchev–Trinajstić information content (AvgIpc) is 2.96. The van der Waals surface area contributed by atoms with Crippen molar-refractivity contribution in [2.75, 3.05) is 44.6 Å². The molecule has 0 saturated carbocycles. The molecule has 7 nitrogen and oxygen atoms in total. The number of rotatable bonds is 6. The topological polar surface area (TPSA) is 79.0 Å². The Hall–Kier alpha value is -3.62. The van der Waals surface area contributed by atoms with Gasteiger partial charge in [-0.3, -0.25) is 14.4 Å². The van der Waals surface area contributed by atoms with E-state index in [1.54, 1.807) is 56.4 Å². The Bertz CT molecular complexity index is 1240. The average molecular weight is 476 g/mol. The van der Waals surface area contributed by atoms with Gasteiger partial charge in [-0.1, -0.05) is 23.9 Å². The number of fused-ring (bicyclic) bond motifs is 2. The van der Waals surface area contributed by atoms with Crippen LogP contribution in [-0.2, 0) is 4.74 Å². The number of methoxy groups -OCH3 is 1. The molecule has 0 unspecified atom stereocenters. The first-order chi connectivity index (χ1) is 16.4. The smallest absolute Gasteiger partial charge is 0.259 e. The van der Waals surface area contributed by atoms with Crippen molar-refractivity contribution in [3.63, 3.8) is 0 Å². The van der Waals surface area contributed by atoms with Crippen LogP contribution in [0.2, 0.25) is 0 Å². The van der Waals surface area contributed by atoms with Gasteiger partial charge in [0.2, 0.25) is 0 Å². The van der Waals surface area contributed by atoms with Crippen LogP contribution in [0.15, 0.2) is 76.5 Å². The Kier molecular flexibility index (Phi) is 7.00. The molecular formula is C26H25N3O4S. The van der Waals surface area contributed by atoms with Crippen LogP contribution in [0.4, 0.5) is 11.4 Å². The fraction of sp³-hybridized carbons (Fsp3) is 0.192. The molecule has 1 N–H and O–H groups in total. The summed E-state index contributed by atoms with van der Waals surface area (Å²) in [6.07, 6.45) is 0. The SMILES string of the molecule is COCCN1C(=O)c2ccccc2Sc2cc(NC(=O)c3ccc(C(=O)N(C)C)cc3)ccc21. The molecule has 0 fully saturated rings. The van der Waals surface area contributed by atoms with Gasteiger partial charge < -0.3 is 19.9 Å². The molecule has 3 aromatic rings. The van der Waals surface area contributed by atoms with E-state index in [0.29, 0.717) is 35.5 Å². The van der Waals surface area contributed by atoms with E-state index in [1.807, 2.05) is 36.4 Å². The standard InChI is InChI=1S/C26H25N3O4S/c1-28(2)25(31)18-10-8-17(9-11-18)24(30)27-19-12-13-21-23(16-19)34-22-7-5-4-6-20(22)26(32)29(21)14-15-33-3/h4-13,16H,14-15H2,1-3H3,(H,27,30). The molecule has 1 aliphatic rings. The van der Waals surface area contributed by atoms with Crippen molar-refractivity contribution in [3.05, 3.63) is 83.4 Å². The Morgan fingerprint density at radius 3 is 2.38 bits per heavy atom. The highest BCUT2D eigenvalue weighted by Gasteiger charge is 2.27. The molecule has 0 radical (unpaired) electrons. The van der Waals surface area contributed by atoms with Gasteiger partial charge >= 0.3 is 0 Å². The van der Waals surface area contributed by atoms with Crippen molar-refractivity contribution in [1.29, 1.82) is 0 Å². The molecule has 0 saturated heterocycles. The molecule has 174 valence electrons. The molecule has 1 aliphatic heterocycles. The van der Waals surface area contributed by atoms with Crippen molar-refractivity contribution in [2.24, 2.45) is 0 Å². The second-order valence-electron chi connectivity index (χ2n) is 7.96. The summed E-state index contributed by atoms with van der Waals surface area (Å²) in [5, 5.41) is 2.92. The van der Waals surface area contributed by atoms with Crippen molar-refractivity contribution in [2.45, 2.75) is 9.79 Å². The lowest BCUT2D eigenvalue weighted by molar-refractivity contribution is 0.0826. The molecule has 8 heteroatoms. The van der Waals surface area contributed by atoms with Crippen LogP contribution in [0.1, 0.15) is 31.1 Å². The first kappa shape index (κ1) is 23.5. The fourth-order valence-electron chi connectivity index (χ4n) is 3.63. The van der Waals surface area contributed by atoms with Crippen LogP contribution in [0.25, 0.3) is 0 Å². The monoisotopic (exact) mass is 475 g/mol. The summed E-state index contributed by atoms with van der Waals surface area (Å²) >= 11 is 1.49. The molecule has 3 aromatic carbocycles. The Labute approximate surface area is 202 Å². The molecule has 0 spiro atoms. The zero-order chi connectivity index (χ0) is 24.2. The summed E-state index contributed by atoms with van der Waals surface area (Å²) in [6.45, 7) is 0.823. The van der Waals surface area contributed by atoms with Crippen LogP contribution < -0.4 is 10.2 Å². The van der Waals surface area contributed by atoms with Crippen LogP contribution in [0.5, 0.6) is 0 Å². The van der Waals surface area contributed by atoms with Gasteiger partial charge in [-0.25, -0.2) is 0 Å². The minimum atomic E-state index is -0.282. The maximum atomic E-state index is 13.2. The number of amides is 3. The zero-order valence-electron chi connectivity index (χ0n) is 19.2. The number of hydrogen-bond donors (Lipinski definition) is 1. The van der Waals surface area contributed by atoms with Crippen LogP contribution in [0.3, 0.4) is 0 Å². The number of anilines is 2. The number of carbonyl (C=O) groups is 3. The summed E-state index contributed by atoms with van der Waals surface area (Å²) < 4.78 is 5.22. The third kappa shape index (κ3) is 4.83. The lowest BCUT2D eigenvalue weighted by Crippen LogP contribution is -2.33. The minimum Gasteiger partial charge on any atom is -0.383 e. The van der Waals surface area contributed by atoms with E-state index in [-0.39, 0.29) is 17.7 Å². The van der Waals surface area contributed by atoms with Crippen molar-refractivity contribution >= 4 is 40.9 Å². The van der Waals surface area contributed by atoms with Crippen molar-refractivity contribution in [3.8, 4) is 0 Å². The summed E-state index contributed by atoms with van der Waals surface area (Å²) in [5.74, 6) is -0.485. The van der Waals surface area contributed by atoms with Crippen molar-refractivity contribution < 1.29 is 19.1 Å². The summed E-state index contributed by atoms with van der Waals surface area (Å²) in [7, 11) is 4.97. The van der Waals surface area contributed by atoms with E-state index in [0.717, 1.165) is 15.5 Å². The zero-order valence-corrected chi connectivity index (χ0v) is 20.0. The molecule has 0 aromatic heterocycles. The fourth-order valence-corrected chi connectivity index (χ4v) is 4.75. The van der Waals surface area contributed by atoms with Gasteiger partial charge in [0.25, 0.3) is 17.7 Å². The Morgan fingerprint density at radius 1 is 0.971 bits per heavy atom. The number of ether oxygens (including phenoxy) is 1. The Balaban J connectivity index is 1.60. The quantitative estimate of drug-likeness (QED) is 0.572. The van der Waals surface area contributed by atoms with Crippen LogP contribution in [0, 0.1) is 0 Å². The van der Waals surface area contributed by atoms with Gasteiger partial charge in [0.05, 0.1) is 17.9 Å². The van der Waals surface area contributed by atoms with Gasteiger partial charge in [-0.15, -0.1) is 0 Å². The number of hydrogen-bond acceptors (Lipinski definition) is 5. The van der Waals surface area contributed by atoms with Gasteiger partial charge in [-0.05, 0) is 54.6 Å². The van der Waals surface area contributed by atoms with E-state index in [4.69, 9.17) is 4.74 Å². The third-order valence-corrected chi connectivity index (χ3v) is 6.53. The van der Waals surface area contributed by atoms with Crippen LogP contribution in [-0.4, -0.2) is 57.0 Å². The number of nitrogens with zero attached hydrogens (tertiary/aromatic N) is 2. The molecule has 4 rings (SSSR count). The highest BCUT2D eigenvalue weighted by atomic mass is 32.2. The first-order valence-electron chi connectivity index (χ1n) is 10.7. The van der Waals surface area contributed by atoms with E-state index in [9.17, 15) is 14.4 Å². The lowest BCUT2D eigenvalue weighted by Gasteiger charge is -2.23. The van der Waals surface area contributed by atoms with Crippen molar-refractivity contribution in [1.82, 2.24) is 4.90 Å². The van der Waals surface area contributed by atoms with Gasteiger partial charge in [0.1, 0.15) is 0 Å². The number of benzene rings is 3. The predicted molar refractivity (Wildman–Crippen MR) is 133 cm³/mol. The first-order valence-corrected chi connectivity index (χ1v) is 11.6. The number of nitrogens with one attached hydrogen (secondary N) is 1. The number of carbonyl (C=O) groups excluding carboxylic acids is 3. The summed E-state index contributed by atoms with van der Waals surface area (Å²) in [5.41, 5.74) is 2.98. The second kappa shape index (κ2) is 10.1. The second-order valence-corrected chi connectivity index (χ2v) is 9.05. The van der Waals surface area contributed by atoms with E-state index < -0.39 is 0 Å². The normalized spacial score (nSPS) is 12.4. The molecule has 3 amide bonds. The largest absolute Gasteiger partial charge is 0.383 e. The van der Waals surface area contributed by atoms with E-state index >= 15 is 0 Å². The summed E-state index contributed by atoms with van der Waals surface area (Å²) in [6, 6.07) is 19.5. The van der Waals surface area contributed by atoms with E-state index in [2.05, 4.69) is 5.32 Å². The van der Waals surface area contributed by atoms with Crippen LogP contribution >= 0.6 is 11.8 Å². The highest BCUT2D eigenvalue weighted by molar-refractivity contribution is 7.99. The van der Waals surface area contributed by atoms with E-state index in [1.165, 1.54) is 16.7 Å². The predicted octanol–water partition coefficient (Wildman–Crippen LogP) is 4.40. The summed E-state index contributed by atoms with van der Waals surface area (Å²) in [4.78, 5) is 43.0. The molecule has 0 bridgehead atoms. The maximum absolute atomic E-state index is 13.2. The molecule has 1 heterocycles. The third-order valence-electron chi connectivity index (χ3n) is 5.41. The maximum Gasteiger partial charge on any atom is 0.259 e. The lowest BCUT2D eigenvalue weighted by atomic mass is 10.1. The molecule has 0 atom stereocenters. The molecule has 0 aliphatic carbocycles. The minimum absolute atomic E-state index is 0.0805. The van der Waals surface area contributed by atoms with Gasteiger partial charge in [0.15, 0.2) is 0 Å².